The van der Waals surface area contributed by atoms with Gasteiger partial charge in [0.1, 0.15) is 5.60 Å². The lowest BCUT2D eigenvalue weighted by Gasteiger charge is -2.63. The molecule has 5 aliphatic carbocycles. The Balaban J connectivity index is 1.39. The van der Waals surface area contributed by atoms with E-state index in [0.717, 1.165) is 17.8 Å². The molecule has 0 unspecified atom stereocenters. The lowest BCUT2D eigenvalue weighted by molar-refractivity contribution is -0.152. The second-order valence-corrected chi connectivity index (χ2v) is 15.4. The highest BCUT2D eigenvalue weighted by atomic mass is 16.3. The zero-order valence-corrected chi connectivity index (χ0v) is 23.2. The summed E-state index contributed by atoms with van der Waals surface area (Å²) in [5.74, 6) is 2.23. The molecule has 34 heavy (non-hydrogen) atoms. The predicted octanol–water partition coefficient (Wildman–Crippen LogP) is 7.00. The second-order valence-electron chi connectivity index (χ2n) is 15.4. The molecule has 5 aliphatic rings. The number of fused-ring (bicyclic) bond motifs is 2. The molecular weight excluding hydrogens is 420 g/mol. The molecule has 5 saturated carbocycles. The van der Waals surface area contributed by atoms with E-state index in [1.54, 1.807) is 0 Å². The van der Waals surface area contributed by atoms with Crippen molar-refractivity contribution < 1.29 is 14.7 Å². The lowest BCUT2D eigenvalue weighted by Crippen LogP contribution is -2.56. The van der Waals surface area contributed by atoms with Crippen LogP contribution in [-0.4, -0.2) is 22.3 Å². The molecule has 0 heterocycles. The minimum Gasteiger partial charge on any atom is -0.382 e. The van der Waals surface area contributed by atoms with Gasteiger partial charge in [-0.3, -0.25) is 9.59 Å². The highest BCUT2D eigenvalue weighted by Crippen LogP contribution is 2.89. The quantitative estimate of drug-likeness (QED) is 0.440. The van der Waals surface area contributed by atoms with Crippen molar-refractivity contribution in [1.29, 1.82) is 0 Å². The summed E-state index contributed by atoms with van der Waals surface area (Å²) in [4.78, 5) is 25.1. The Morgan fingerprint density at radius 1 is 0.882 bits per heavy atom. The Morgan fingerprint density at radius 2 is 1.50 bits per heavy atom. The van der Waals surface area contributed by atoms with Crippen molar-refractivity contribution in [2.24, 2.45) is 56.7 Å². The second kappa shape index (κ2) is 7.20. The predicted molar refractivity (Wildman–Crippen MR) is 136 cm³/mol. The Labute approximate surface area is 208 Å². The third kappa shape index (κ3) is 2.91. The highest BCUT2D eigenvalue weighted by molar-refractivity contribution is 6.40. The highest BCUT2D eigenvalue weighted by Gasteiger charge is 2.81. The number of hydrogen-bond acceptors (Lipinski definition) is 3. The van der Waals surface area contributed by atoms with E-state index in [-0.39, 0.29) is 23.5 Å². The van der Waals surface area contributed by atoms with Gasteiger partial charge in [0.25, 0.3) is 0 Å². The molecule has 192 valence electrons. The van der Waals surface area contributed by atoms with Gasteiger partial charge in [0.05, 0.1) is 0 Å². The summed E-state index contributed by atoms with van der Waals surface area (Å²) in [7, 11) is 0. The third-order valence-corrected chi connectivity index (χ3v) is 13.7. The van der Waals surface area contributed by atoms with Crippen LogP contribution < -0.4 is 0 Å². The van der Waals surface area contributed by atoms with Gasteiger partial charge in [0.2, 0.25) is 11.6 Å². The Bertz CT molecular complexity index is 897. The number of aliphatic hydroxyl groups is 1. The van der Waals surface area contributed by atoms with E-state index in [0.29, 0.717) is 27.6 Å². The average molecular weight is 471 g/mol. The van der Waals surface area contributed by atoms with Crippen molar-refractivity contribution in [3.05, 3.63) is 0 Å². The molecule has 5 fully saturated rings. The van der Waals surface area contributed by atoms with Crippen LogP contribution >= 0.6 is 0 Å². The van der Waals surface area contributed by atoms with Crippen LogP contribution in [0.25, 0.3) is 0 Å². The van der Waals surface area contributed by atoms with Crippen LogP contribution in [0.2, 0.25) is 0 Å². The molecule has 3 heteroatoms. The monoisotopic (exact) mass is 470 g/mol. The van der Waals surface area contributed by atoms with Gasteiger partial charge in [-0.2, -0.15) is 0 Å². The van der Waals surface area contributed by atoms with Gasteiger partial charge in [-0.05, 0) is 128 Å². The summed E-state index contributed by atoms with van der Waals surface area (Å²) in [5.41, 5.74) is 0.673. The normalized spacial score (nSPS) is 49.8. The van der Waals surface area contributed by atoms with Gasteiger partial charge in [0, 0.05) is 6.42 Å². The van der Waals surface area contributed by atoms with Crippen LogP contribution in [0.1, 0.15) is 120 Å². The first-order valence-electron chi connectivity index (χ1n) is 14.4. The summed E-state index contributed by atoms with van der Waals surface area (Å²) in [5, 5.41) is 10.1. The molecule has 0 aliphatic heterocycles. The van der Waals surface area contributed by atoms with Crippen molar-refractivity contribution in [2.75, 3.05) is 0 Å². The van der Waals surface area contributed by atoms with Crippen LogP contribution in [-0.2, 0) is 9.59 Å². The van der Waals surface area contributed by atoms with Crippen molar-refractivity contribution in [3.8, 4) is 0 Å². The van der Waals surface area contributed by atoms with E-state index >= 15 is 0 Å². The van der Waals surface area contributed by atoms with Crippen LogP contribution in [0, 0.1) is 56.7 Å². The van der Waals surface area contributed by atoms with Crippen LogP contribution in [0.3, 0.4) is 0 Å². The maximum absolute atomic E-state index is 12.7. The molecule has 0 radical (unpaired) electrons. The minimum absolute atomic E-state index is 0.193. The first-order chi connectivity index (χ1) is 15.6. The van der Waals surface area contributed by atoms with Gasteiger partial charge < -0.3 is 5.11 Å². The molecule has 0 aromatic heterocycles. The third-order valence-electron chi connectivity index (χ3n) is 13.7. The van der Waals surface area contributed by atoms with E-state index < -0.39 is 11.4 Å². The summed E-state index contributed by atoms with van der Waals surface area (Å²) >= 11 is 0. The molecule has 0 bridgehead atoms. The summed E-state index contributed by atoms with van der Waals surface area (Å²) in [6.07, 6.45) is 12.6. The fourth-order valence-corrected chi connectivity index (χ4v) is 11.4. The summed E-state index contributed by atoms with van der Waals surface area (Å²) in [6, 6.07) is 0. The number of rotatable bonds is 5. The van der Waals surface area contributed by atoms with Crippen molar-refractivity contribution >= 4 is 11.6 Å². The first kappa shape index (κ1) is 25.0. The Hall–Kier alpha value is -0.700. The molecule has 3 nitrogen and oxygen atoms in total. The molecule has 0 saturated heterocycles. The van der Waals surface area contributed by atoms with E-state index in [4.69, 9.17) is 0 Å². The van der Waals surface area contributed by atoms with Crippen molar-refractivity contribution in [2.45, 2.75) is 125 Å². The molecule has 0 amide bonds. The molecule has 9 atom stereocenters. The van der Waals surface area contributed by atoms with Gasteiger partial charge in [-0.1, -0.05) is 41.5 Å². The van der Waals surface area contributed by atoms with Crippen molar-refractivity contribution in [3.63, 3.8) is 0 Å². The number of hydrogen-bond donors (Lipinski definition) is 1. The molecule has 1 N–H and O–H groups in total. The van der Waals surface area contributed by atoms with Crippen LogP contribution in [0.15, 0.2) is 0 Å². The number of Topliss-reactive ketones (excluding diaryl/α,β-unsaturated/α-hetero) is 2. The molecule has 0 aromatic rings. The lowest BCUT2D eigenvalue weighted by atomic mass is 9.41. The summed E-state index contributed by atoms with van der Waals surface area (Å²) in [6.45, 7) is 17.9. The Kier molecular flexibility index (Phi) is 5.29. The maximum atomic E-state index is 12.7. The number of ketones is 2. The minimum atomic E-state index is -1.56. The van der Waals surface area contributed by atoms with Crippen LogP contribution in [0.4, 0.5) is 0 Å². The fraction of sp³-hybridized carbons (Fsp3) is 0.935. The van der Waals surface area contributed by atoms with Gasteiger partial charge in [0.15, 0.2) is 0 Å². The van der Waals surface area contributed by atoms with E-state index in [1.165, 1.54) is 71.6 Å². The number of carbonyl (C=O) groups is 2. The Morgan fingerprint density at radius 3 is 2.15 bits per heavy atom. The van der Waals surface area contributed by atoms with Gasteiger partial charge >= 0.3 is 0 Å². The smallest absolute Gasteiger partial charge is 0.229 e. The maximum Gasteiger partial charge on any atom is 0.229 e. The van der Waals surface area contributed by atoms with Crippen molar-refractivity contribution in [1.82, 2.24) is 0 Å². The fourth-order valence-electron chi connectivity index (χ4n) is 11.4. The number of carbonyl (C=O) groups excluding carboxylic acids is 2. The molecule has 5 rings (SSSR count). The SMILES string of the molecule is C[C@H](CC(=O)C(=O)C(C)(C)O)[C@H]1CC[C@@]2(C)[C@@H]3CC[C@H]4C(C)(C)[C@@H](C)CC[C@@]45C[C@@]35CC[C@]12C. The standard InChI is InChI=1S/C31H50O3/c1-19(17-22(32)25(33)27(5,6)34)21-12-13-29(8)24-10-9-23-26(3,4)20(2)11-14-30(23)18-31(24,30)16-15-28(21,29)7/h19-21,23-24,34H,9-18H2,1-8H3/t19-,20+,21-,23+,24+,28-,29+,30-,31+/m1/s1. The molecule has 2 spiro atoms. The van der Waals surface area contributed by atoms with Crippen LogP contribution in [0.5, 0.6) is 0 Å². The van der Waals surface area contributed by atoms with E-state index in [9.17, 15) is 14.7 Å². The van der Waals surface area contributed by atoms with E-state index in [2.05, 4.69) is 41.5 Å². The summed E-state index contributed by atoms with van der Waals surface area (Å²) < 4.78 is 0. The molecule has 0 aromatic carbocycles. The van der Waals surface area contributed by atoms with Gasteiger partial charge in [-0.15, -0.1) is 0 Å². The average Bonchev–Trinajstić information content (AvgIpc) is 3.32. The zero-order valence-electron chi connectivity index (χ0n) is 23.2. The largest absolute Gasteiger partial charge is 0.382 e. The van der Waals surface area contributed by atoms with E-state index in [1.807, 2.05) is 0 Å². The topological polar surface area (TPSA) is 54.4 Å². The molecular formula is C31H50O3. The van der Waals surface area contributed by atoms with Gasteiger partial charge in [-0.25, -0.2) is 0 Å². The zero-order chi connectivity index (χ0) is 25.1. The first-order valence-corrected chi connectivity index (χ1v) is 14.4.